The minimum atomic E-state index is -3.51. The molecule has 3 aromatic rings. The Morgan fingerprint density at radius 3 is 2.31 bits per heavy atom. The average Bonchev–Trinajstić information content (AvgIpc) is 2.78. The van der Waals surface area contributed by atoms with Gasteiger partial charge in [-0.2, -0.15) is 0 Å². The quantitative estimate of drug-likeness (QED) is 0.458. The van der Waals surface area contributed by atoms with E-state index in [-0.39, 0.29) is 22.0 Å². The molecule has 168 valence electrons. The molecule has 3 N–H and O–H groups in total. The van der Waals surface area contributed by atoms with E-state index in [1.54, 1.807) is 42.5 Å². The standard InChI is InChI=1S/C22H23ClFN5O2S/c23-19-12-17(10-11-20(19)24)28-22-13-21(25-14-26-22)27-15-6-8-16(9-7-15)29-32(30,31)18-4-2-1-3-5-18/h1-5,10-16,29H,6-9H2,(H2,25,26,27,28). The number of rotatable bonds is 7. The number of halogens is 2. The highest BCUT2D eigenvalue weighted by molar-refractivity contribution is 7.89. The molecule has 0 unspecified atom stereocenters. The van der Waals surface area contributed by atoms with Crippen LogP contribution in [-0.4, -0.2) is 30.5 Å². The van der Waals surface area contributed by atoms with Crippen molar-refractivity contribution in [3.63, 3.8) is 0 Å². The zero-order valence-electron chi connectivity index (χ0n) is 17.1. The zero-order valence-corrected chi connectivity index (χ0v) is 18.7. The van der Waals surface area contributed by atoms with Crippen LogP contribution < -0.4 is 15.4 Å². The molecule has 1 heterocycles. The molecule has 7 nitrogen and oxygen atoms in total. The summed E-state index contributed by atoms with van der Waals surface area (Å²) >= 11 is 5.82. The topological polar surface area (TPSA) is 96.0 Å². The minimum Gasteiger partial charge on any atom is -0.367 e. The summed E-state index contributed by atoms with van der Waals surface area (Å²) in [7, 11) is -3.51. The van der Waals surface area contributed by atoms with Crippen molar-refractivity contribution in [1.82, 2.24) is 14.7 Å². The molecule has 2 aromatic carbocycles. The first kappa shape index (κ1) is 22.4. The lowest BCUT2D eigenvalue weighted by molar-refractivity contribution is 0.387. The van der Waals surface area contributed by atoms with Gasteiger partial charge in [-0.1, -0.05) is 29.8 Å². The number of anilines is 3. The number of hydrogen-bond donors (Lipinski definition) is 3. The lowest BCUT2D eigenvalue weighted by Crippen LogP contribution is -2.40. The summed E-state index contributed by atoms with van der Waals surface area (Å²) in [6, 6.07) is 14.6. The Kier molecular flexibility index (Phi) is 6.88. The summed E-state index contributed by atoms with van der Waals surface area (Å²) < 4.78 is 41.2. The highest BCUT2D eigenvalue weighted by Gasteiger charge is 2.25. The van der Waals surface area contributed by atoms with E-state index in [0.717, 1.165) is 25.7 Å². The monoisotopic (exact) mass is 475 g/mol. The Morgan fingerprint density at radius 2 is 1.59 bits per heavy atom. The van der Waals surface area contributed by atoms with Crippen LogP contribution in [0, 0.1) is 5.82 Å². The molecular formula is C22H23ClFN5O2S. The van der Waals surface area contributed by atoms with Gasteiger partial charge < -0.3 is 10.6 Å². The maximum Gasteiger partial charge on any atom is 0.240 e. The number of nitrogens with zero attached hydrogens (tertiary/aromatic N) is 2. The molecule has 1 aliphatic carbocycles. The zero-order chi connectivity index (χ0) is 22.6. The van der Waals surface area contributed by atoms with E-state index >= 15 is 0 Å². The molecular weight excluding hydrogens is 453 g/mol. The van der Waals surface area contributed by atoms with Gasteiger partial charge in [-0.05, 0) is 56.0 Å². The first-order valence-corrected chi connectivity index (χ1v) is 12.1. The summed E-state index contributed by atoms with van der Waals surface area (Å²) in [5.74, 6) is 0.724. The maximum atomic E-state index is 13.3. The van der Waals surface area contributed by atoms with Crippen molar-refractivity contribution < 1.29 is 12.8 Å². The lowest BCUT2D eigenvalue weighted by Gasteiger charge is -2.29. The second-order valence-corrected chi connectivity index (χ2v) is 9.79. The number of nitrogens with one attached hydrogen (secondary N) is 3. The second-order valence-electron chi connectivity index (χ2n) is 7.67. The van der Waals surface area contributed by atoms with Crippen molar-refractivity contribution in [3.05, 3.63) is 71.8 Å². The van der Waals surface area contributed by atoms with E-state index in [1.165, 1.54) is 18.5 Å². The highest BCUT2D eigenvalue weighted by Crippen LogP contribution is 2.25. The maximum absolute atomic E-state index is 13.3. The van der Waals surface area contributed by atoms with E-state index in [9.17, 15) is 12.8 Å². The van der Waals surface area contributed by atoms with Crippen LogP contribution in [0.1, 0.15) is 25.7 Å². The molecule has 0 amide bonds. The fraction of sp³-hybridized carbons (Fsp3) is 0.273. The largest absolute Gasteiger partial charge is 0.367 e. The van der Waals surface area contributed by atoms with Crippen LogP contribution in [0.25, 0.3) is 0 Å². The van der Waals surface area contributed by atoms with Crippen LogP contribution in [0.5, 0.6) is 0 Å². The summed E-state index contributed by atoms with van der Waals surface area (Å²) in [6.07, 6.45) is 4.52. The molecule has 0 bridgehead atoms. The van der Waals surface area contributed by atoms with Crippen molar-refractivity contribution >= 4 is 38.9 Å². The predicted octanol–water partition coefficient (Wildman–Crippen LogP) is 4.71. The molecule has 0 aliphatic heterocycles. The third kappa shape index (κ3) is 5.73. The molecule has 1 aliphatic rings. The predicted molar refractivity (Wildman–Crippen MR) is 123 cm³/mol. The Balaban J connectivity index is 1.31. The average molecular weight is 476 g/mol. The van der Waals surface area contributed by atoms with Gasteiger partial charge in [0.1, 0.15) is 23.8 Å². The molecule has 4 rings (SSSR count). The summed E-state index contributed by atoms with van der Waals surface area (Å²) in [5.41, 5.74) is 0.618. The van der Waals surface area contributed by atoms with Crippen molar-refractivity contribution in [2.45, 2.75) is 42.7 Å². The molecule has 10 heteroatoms. The third-order valence-electron chi connectivity index (χ3n) is 5.31. The van der Waals surface area contributed by atoms with Crippen LogP contribution >= 0.6 is 11.6 Å². The lowest BCUT2D eigenvalue weighted by atomic mass is 9.92. The minimum absolute atomic E-state index is 0.0297. The Morgan fingerprint density at radius 1 is 0.906 bits per heavy atom. The molecule has 0 atom stereocenters. The van der Waals surface area contributed by atoms with Gasteiger partial charge in [0.15, 0.2) is 0 Å². The molecule has 0 radical (unpaired) electrons. The first-order valence-electron chi connectivity index (χ1n) is 10.3. The molecule has 1 fully saturated rings. The number of benzene rings is 2. The van der Waals surface area contributed by atoms with Crippen LogP contribution in [0.4, 0.5) is 21.7 Å². The Bertz CT molecular complexity index is 1170. The first-order chi connectivity index (χ1) is 15.4. The second kappa shape index (κ2) is 9.81. The van der Waals surface area contributed by atoms with Gasteiger partial charge in [0.25, 0.3) is 0 Å². The van der Waals surface area contributed by atoms with Crippen molar-refractivity contribution in [2.75, 3.05) is 10.6 Å². The van der Waals surface area contributed by atoms with E-state index in [0.29, 0.717) is 17.3 Å². The van der Waals surface area contributed by atoms with Gasteiger partial charge in [-0.3, -0.25) is 0 Å². The van der Waals surface area contributed by atoms with E-state index < -0.39 is 15.8 Å². The molecule has 1 saturated carbocycles. The number of sulfonamides is 1. The molecule has 0 spiro atoms. The van der Waals surface area contributed by atoms with Gasteiger partial charge in [-0.25, -0.2) is 27.5 Å². The van der Waals surface area contributed by atoms with Crippen molar-refractivity contribution in [3.8, 4) is 0 Å². The van der Waals surface area contributed by atoms with Crippen LogP contribution in [0.15, 0.2) is 65.8 Å². The molecule has 0 saturated heterocycles. The van der Waals surface area contributed by atoms with Crippen LogP contribution in [-0.2, 0) is 10.0 Å². The van der Waals surface area contributed by atoms with Crippen LogP contribution in [0.3, 0.4) is 0 Å². The van der Waals surface area contributed by atoms with Crippen LogP contribution in [0.2, 0.25) is 5.02 Å². The van der Waals surface area contributed by atoms with Gasteiger partial charge in [0, 0.05) is 23.8 Å². The van der Waals surface area contributed by atoms with E-state index in [2.05, 4.69) is 25.3 Å². The third-order valence-corrected chi connectivity index (χ3v) is 7.14. The van der Waals surface area contributed by atoms with Crippen molar-refractivity contribution in [2.24, 2.45) is 0 Å². The number of hydrogen-bond acceptors (Lipinski definition) is 6. The van der Waals surface area contributed by atoms with Gasteiger partial charge in [0.2, 0.25) is 10.0 Å². The Labute approximate surface area is 191 Å². The van der Waals surface area contributed by atoms with Crippen molar-refractivity contribution in [1.29, 1.82) is 0 Å². The summed E-state index contributed by atoms with van der Waals surface area (Å²) in [4.78, 5) is 8.73. The Hall–Kier alpha value is -2.75. The normalized spacial score (nSPS) is 18.8. The van der Waals surface area contributed by atoms with Gasteiger partial charge in [0.05, 0.1) is 9.92 Å². The SMILES string of the molecule is O=S(=O)(NC1CCC(Nc2cc(Nc3ccc(F)c(Cl)c3)ncn2)CC1)c1ccccc1. The fourth-order valence-electron chi connectivity index (χ4n) is 3.68. The summed E-state index contributed by atoms with van der Waals surface area (Å²) in [6.45, 7) is 0. The van der Waals surface area contributed by atoms with Gasteiger partial charge in [-0.15, -0.1) is 0 Å². The molecule has 32 heavy (non-hydrogen) atoms. The van der Waals surface area contributed by atoms with Gasteiger partial charge >= 0.3 is 0 Å². The molecule has 1 aromatic heterocycles. The highest BCUT2D eigenvalue weighted by atomic mass is 35.5. The smallest absolute Gasteiger partial charge is 0.240 e. The fourth-order valence-corrected chi connectivity index (χ4v) is 5.18. The van der Waals surface area contributed by atoms with E-state index in [4.69, 9.17) is 11.6 Å². The summed E-state index contributed by atoms with van der Waals surface area (Å²) in [5, 5.41) is 6.50. The number of aromatic nitrogens is 2. The van der Waals surface area contributed by atoms with E-state index in [1.807, 2.05) is 0 Å².